The number of aliphatic hydroxyl groups is 2. The Labute approximate surface area is 133 Å². The fraction of sp³-hybridized carbons (Fsp3) is 0.583. The number of hydrogen-bond acceptors (Lipinski definition) is 7. The monoisotopic (exact) mass is 352 g/mol. The summed E-state index contributed by atoms with van der Waals surface area (Å²) in [5, 5.41) is 19.8. The maximum absolute atomic E-state index is 11.3. The highest BCUT2D eigenvalue weighted by atomic mass is 31.2. The van der Waals surface area contributed by atoms with Crippen LogP contribution in [0.4, 0.5) is 0 Å². The van der Waals surface area contributed by atoms with Gasteiger partial charge in [0, 0.05) is 18.8 Å². The number of carbonyl (C=O) groups excluding carboxylic acids is 1. The Morgan fingerprint density at radius 3 is 2.52 bits per heavy atom. The summed E-state index contributed by atoms with van der Waals surface area (Å²) < 4.78 is 20.3. The molecule has 0 saturated carbocycles. The predicted octanol–water partition coefficient (Wildman–Crippen LogP) is -1.58. The Balaban J connectivity index is 2.80. The van der Waals surface area contributed by atoms with Crippen LogP contribution < -0.4 is 5.73 Å². The van der Waals surface area contributed by atoms with Gasteiger partial charge in [-0.2, -0.15) is 0 Å². The summed E-state index contributed by atoms with van der Waals surface area (Å²) in [5.74, 6) is -0.675. The van der Waals surface area contributed by atoms with Crippen LogP contribution >= 0.6 is 7.82 Å². The van der Waals surface area contributed by atoms with Gasteiger partial charge in [-0.15, -0.1) is 6.58 Å². The Hall–Kier alpha value is -1.26. The summed E-state index contributed by atoms with van der Waals surface area (Å²) in [7, 11) is -3.24. The molecule has 10 nitrogen and oxygen atoms in total. The van der Waals surface area contributed by atoms with Gasteiger partial charge in [0.25, 0.3) is 0 Å². The molecule has 132 valence electrons. The summed E-state index contributed by atoms with van der Waals surface area (Å²) in [6.07, 6.45) is -1.96. The van der Waals surface area contributed by atoms with Crippen molar-refractivity contribution in [2.24, 2.45) is 5.73 Å². The molecular weight excluding hydrogens is 331 g/mol. The summed E-state index contributed by atoms with van der Waals surface area (Å²) in [6, 6.07) is 0. The number of nitrogens with two attached hydrogens (primary N) is 1. The maximum atomic E-state index is 11.3. The third-order valence-electron chi connectivity index (χ3n) is 3.19. The Morgan fingerprint density at radius 2 is 2.04 bits per heavy atom. The van der Waals surface area contributed by atoms with Crippen LogP contribution in [0.15, 0.2) is 24.4 Å². The molecular formula is C12H21N2O8P. The van der Waals surface area contributed by atoms with E-state index in [1.807, 2.05) is 0 Å². The summed E-state index contributed by atoms with van der Waals surface area (Å²) in [4.78, 5) is 29.9. The highest BCUT2D eigenvalue weighted by molar-refractivity contribution is 7.46. The van der Waals surface area contributed by atoms with E-state index >= 15 is 0 Å². The second kappa shape index (κ2) is 8.02. The highest BCUT2D eigenvalue weighted by Gasteiger charge is 2.45. The lowest BCUT2D eigenvalue weighted by atomic mass is 10.1. The van der Waals surface area contributed by atoms with Crippen molar-refractivity contribution in [2.75, 3.05) is 13.7 Å². The van der Waals surface area contributed by atoms with Gasteiger partial charge in [-0.3, -0.25) is 9.32 Å². The van der Waals surface area contributed by atoms with E-state index in [9.17, 15) is 19.6 Å². The van der Waals surface area contributed by atoms with E-state index in [1.165, 1.54) is 24.2 Å². The van der Waals surface area contributed by atoms with Crippen LogP contribution in [0.25, 0.3) is 0 Å². The number of phosphoric ester groups is 1. The molecule has 23 heavy (non-hydrogen) atoms. The summed E-state index contributed by atoms with van der Waals surface area (Å²) in [5.41, 5.74) is 5.42. The van der Waals surface area contributed by atoms with Crippen LogP contribution in [0, 0.1) is 0 Å². The number of rotatable bonds is 8. The first kappa shape index (κ1) is 19.8. The number of phosphoric acid groups is 1. The van der Waals surface area contributed by atoms with Crippen molar-refractivity contribution in [2.45, 2.75) is 31.0 Å². The van der Waals surface area contributed by atoms with Crippen molar-refractivity contribution in [3.8, 4) is 0 Å². The summed E-state index contributed by atoms with van der Waals surface area (Å²) >= 11 is 0. The number of ether oxygens (including phenoxy) is 1. The number of aliphatic hydroxyl groups excluding tert-OH is 2. The van der Waals surface area contributed by atoms with E-state index in [2.05, 4.69) is 11.1 Å². The number of allylic oxidation sites excluding steroid dienone is 1. The average Bonchev–Trinajstić information content (AvgIpc) is 2.71. The van der Waals surface area contributed by atoms with E-state index in [4.69, 9.17) is 20.3 Å². The Bertz CT molecular complexity index is 519. The fourth-order valence-electron chi connectivity index (χ4n) is 2.07. The molecule has 0 aromatic rings. The van der Waals surface area contributed by atoms with Gasteiger partial charge in [0.05, 0.1) is 6.61 Å². The van der Waals surface area contributed by atoms with E-state index in [1.54, 1.807) is 0 Å². The summed E-state index contributed by atoms with van der Waals surface area (Å²) in [6.45, 7) is 2.89. The SMILES string of the molecule is C=CC/C(=C\N(C)[C@@H]1O[C@H](COP(=O)(O)O)[C@@H](O)[C@H]1O)C(N)=O. The van der Waals surface area contributed by atoms with Crippen LogP contribution in [0.2, 0.25) is 0 Å². The molecule has 0 aromatic heterocycles. The lowest BCUT2D eigenvalue weighted by Gasteiger charge is -2.25. The molecule has 1 aliphatic heterocycles. The van der Waals surface area contributed by atoms with Crippen molar-refractivity contribution >= 4 is 13.7 Å². The molecule has 0 radical (unpaired) electrons. The number of primary amides is 1. The van der Waals surface area contributed by atoms with E-state index < -0.39 is 44.9 Å². The largest absolute Gasteiger partial charge is 0.469 e. The molecule has 0 spiro atoms. The van der Waals surface area contributed by atoms with E-state index in [0.29, 0.717) is 0 Å². The molecule has 1 fully saturated rings. The zero-order chi connectivity index (χ0) is 17.8. The predicted molar refractivity (Wildman–Crippen MR) is 78.5 cm³/mol. The number of amides is 1. The molecule has 0 aliphatic carbocycles. The third-order valence-corrected chi connectivity index (χ3v) is 3.67. The molecule has 0 unspecified atom stereocenters. The zero-order valence-corrected chi connectivity index (χ0v) is 13.4. The van der Waals surface area contributed by atoms with Crippen molar-refractivity contribution in [3.05, 3.63) is 24.4 Å². The van der Waals surface area contributed by atoms with Crippen LogP contribution in [-0.4, -0.2) is 69.0 Å². The number of carbonyl (C=O) groups is 1. The van der Waals surface area contributed by atoms with Crippen molar-refractivity contribution in [1.29, 1.82) is 0 Å². The van der Waals surface area contributed by atoms with Crippen molar-refractivity contribution in [1.82, 2.24) is 4.90 Å². The molecule has 0 aromatic carbocycles. The standard InChI is InChI=1S/C12H21N2O8P/c1-3-4-7(11(13)17)5-14(2)12-10(16)9(15)8(22-12)6-21-23(18,19)20/h3,5,8-10,12,15-16H,1,4,6H2,2H3,(H2,13,17)(H2,18,19,20)/b7-5+/t8-,9-,10-,12-/m1/s1. The smallest absolute Gasteiger partial charge is 0.387 e. The first-order valence-electron chi connectivity index (χ1n) is 6.62. The Morgan fingerprint density at radius 1 is 1.43 bits per heavy atom. The van der Waals surface area contributed by atoms with Gasteiger partial charge in [-0.25, -0.2) is 4.57 Å². The molecule has 1 heterocycles. The van der Waals surface area contributed by atoms with Gasteiger partial charge in [0.15, 0.2) is 6.23 Å². The van der Waals surface area contributed by atoms with Gasteiger partial charge in [-0.1, -0.05) is 6.08 Å². The van der Waals surface area contributed by atoms with Crippen LogP contribution in [0.1, 0.15) is 6.42 Å². The van der Waals surface area contributed by atoms with Crippen molar-refractivity contribution < 1.29 is 38.6 Å². The minimum Gasteiger partial charge on any atom is -0.387 e. The van der Waals surface area contributed by atoms with Gasteiger partial charge >= 0.3 is 7.82 Å². The molecule has 1 saturated heterocycles. The zero-order valence-electron chi connectivity index (χ0n) is 12.5. The second-order valence-electron chi connectivity index (χ2n) is 5.01. The molecule has 1 aliphatic rings. The molecule has 11 heteroatoms. The highest BCUT2D eigenvalue weighted by Crippen LogP contribution is 2.37. The van der Waals surface area contributed by atoms with Crippen LogP contribution in [-0.2, 0) is 18.6 Å². The van der Waals surface area contributed by atoms with Gasteiger partial charge in [0.2, 0.25) is 5.91 Å². The third kappa shape index (κ3) is 5.70. The maximum Gasteiger partial charge on any atom is 0.469 e. The average molecular weight is 352 g/mol. The quantitative estimate of drug-likeness (QED) is 0.197. The van der Waals surface area contributed by atoms with Gasteiger partial charge < -0.3 is 35.4 Å². The Kier molecular flexibility index (Phi) is 6.90. The number of nitrogens with zero attached hydrogens (tertiary/aromatic N) is 1. The minimum atomic E-state index is -4.72. The normalized spacial score (nSPS) is 28.7. The van der Waals surface area contributed by atoms with Crippen LogP contribution in [0.5, 0.6) is 0 Å². The first-order chi connectivity index (χ1) is 10.6. The molecule has 6 N–H and O–H groups in total. The van der Waals surface area contributed by atoms with Gasteiger partial charge in [0.1, 0.15) is 18.3 Å². The molecule has 1 amide bonds. The fourth-order valence-corrected chi connectivity index (χ4v) is 2.41. The first-order valence-corrected chi connectivity index (χ1v) is 8.15. The lowest BCUT2D eigenvalue weighted by molar-refractivity contribution is -0.114. The van der Waals surface area contributed by atoms with Crippen molar-refractivity contribution in [3.63, 3.8) is 0 Å². The molecule has 4 atom stereocenters. The number of hydrogen-bond donors (Lipinski definition) is 5. The number of likely N-dealkylation sites (N-methyl/N-ethyl adjacent to an activating group) is 1. The second-order valence-corrected chi connectivity index (χ2v) is 6.25. The van der Waals surface area contributed by atoms with E-state index in [-0.39, 0.29) is 12.0 Å². The minimum absolute atomic E-state index is 0.204. The van der Waals surface area contributed by atoms with Crippen LogP contribution in [0.3, 0.4) is 0 Å². The van der Waals surface area contributed by atoms with Gasteiger partial charge in [-0.05, 0) is 6.42 Å². The lowest BCUT2D eigenvalue weighted by Crippen LogP contribution is -2.40. The topological polar surface area (TPSA) is 163 Å². The molecule has 1 rings (SSSR count). The van der Waals surface area contributed by atoms with E-state index in [0.717, 1.165) is 0 Å². The molecule has 0 bridgehead atoms.